The molecule has 0 spiro atoms. The molecule has 0 aromatic heterocycles. The third-order valence-corrected chi connectivity index (χ3v) is 4.72. The van der Waals surface area contributed by atoms with Crippen LogP contribution in [-0.2, 0) is 0 Å². The third-order valence-electron chi connectivity index (χ3n) is 3.44. The molecule has 0 amide bonds. The molecule has 0 unspecified atom stereocenters. The van der Waals surface area contributed by atoms with Crippen molar-refractivity contribution in [1.29, 1.82) is 0 Å². The number of halogens is 5. The monoisotopic (exact) mass is 426 g/mol. The maximum atomic E-state index is 6.41. The Hall–Kier alpha value is -0.510. The number of ether oxygens (including phenoxy) is 2. The minimum atomic E-state index is -1.62. The topological polar surface area (TPSA) is 18.5 Å². The third kappa shape index (κ3) is 4.56. The van der Waals surface area contributed by atoms with Crippen LogP contribution in [0.2, 0.25) is 10.0 Å². The molecule has 0 heterocycles. The van der Waals surface area contributed by atoms with Crippen molar-refractivity contribution in [3.8, 4) is 11.5 Å². The molecular weight excluding hydrogens is 413 g/mol. The molecule has 0 bridgehead atoms. The molecule has 0 radical (unpaired) electrons. The molecule has 0 fully saturated rings. The van der Waals surface area contributed by atoms with Gasteiger partial charge in [0.25, 0.3) is 0 Å². The minimum absolute atomic E-state index is 0.406. The predicted molar refractivity (Wildman–Crippen MR) is 103 cm³/mol. The van der Waals surface area contributed by atoms with Crippen LogP contribution in [0.1, 0.15) is 24.0 Å². The Balaban J connectivity index is 2.54. The highest BCUT2D eigenvalue weighted by molar-refractivity contribution is 6.68. The molecule has 24 heavy (non-hydrogen) atoms. The van der Waals surface area contributed by atoms with Crippen molar-refractivity contribution in [1.82, 2.24) is 0 Å². The van der Waals surface area contributed by atoms with E-state index in [1.54, 1.807) is 31.4 Å². The predicted octanol–water partition coefficient (Wildman–Crippen LogP) is 6.90. The second-order valence-corrected chi connectivity index (χ2v) is 8.17. The molecule has 0 saturated heterocycles. The number of alkyl halides is 3. The number of methoxy groups -OCH3 is 1. The van der Waals surface area contributed by atoms with Crippen molar-refractivity contribution in [2.24, 2.45) is 0 Å². The van der Waals surface area contributed by atoms with Crippen LogP contribution in [0.3, 0.4) is 0 Å². The van der Waals surface area contributed by atoms with Crippen LogP contribution in [-0.4, -0.2) is 17.5 Å². The van der Waals surface area contributed by atoms with Crippen molar-refractivity contribution in [3.63, 3.8) is 0 Å². The van der Waals surface area contributed by atoms with Gasteiger partial charge in [-0.25, -0.2) is 0 Å². The average molecular weight is 429 g/mol. The highest BCUT2D eigenvalue weighted by Crippen LogP contribution is 2.49. The maximum Gasteiger partial charge on any atom is 0.201 e. The summed E-state index contributed by atoms with van der Waals surface area (Å²) in [5.41, 5.74) is 1.38. The van der Waals surface area contributed by atoms with Crippen molar-refractivity contribution in [2.75, 3.05) is 13.7 Å². The molecule has 0 aliphatic carbocycles. The van der Waals surface area contributed by atoms with Gasteiger partial charge in [-0.1, -0.05) is 70.1 Å². The summed E-state index contributed by atoms with van der Waals surface area (Å²) in [5.74, 6) is 0.595. The second kappa shape index (κ2) is 8.25. The maximum absolute atomic E-state index is 6.41. The summed E-state index contributed by atoms with van der Waals surface area (Å²) in [7, 11) is 1.59. The van der Waals surface area contributed by atoms with E-state index in [0.29, 0.717) is 33.7 Å². The molecule has 2 aromatic rings. The van der Waals surface area contributed by atoms with E-state index in [4.69, 9.17) is 67.5 Å². The van der Waals surface area contributed by atoms with Gasteiger partial charge >= 0.3 is 0 Å². The lowest BCUT2D eigenvalue weighted by Gasteiger charge is -2.27. The molecular formula is C17H15Cl5O2. The Morgan fingerprint density at radius 2 is 1.62 bits per heavy atom. The van der Waals surface area contributed by atoms with Gasteiger partial charge in [0.05, 0.1) is 24.7 Å². The lowest BCUT2D eigenvalue weighted by Crippen LogP contribution is -2.19. The highest BCUT2D eigenvalue weighted by atomic mass is 35.6. The first-order valence-electron chi connectivity index (χ1n) is 7.10. The smallest absolute Gasteiger partial charge is 0.201 e. The molecule has 0 aliphatic rings. The summed E-state index contributed by atoms with van der Waals surface area (Å²) in [4.78, 5) is 0. The van der Waals surface area contributed by atoms with E-state index in [1.165, 1.54) is 0 Å². The molecule has 130 valence electrons. The van der Waals surface area contributed by atoms with Crippen molar-refractivity contribution < 1.29 is 9.47 Å². The van der Waals surface area contributed by atoms with Gasteiger partial charge in [-0.05, 0) is 36.2 Å². The first-order chi connectivity index (χ1) is 11.3. The van der Waals surface area contributed by atoms with Crippen LogP contribution in [0, 0.1) is 0 Å². The first kappa shape index (κ1) is 19.8. The number of hydrogen-bond donors (Lipinski definition) is 0. The fourth-order valence-corrected chi connectivity index (χ4v) is 3.59. The molecule has 0 saturated carbocycles. The van der Waals surface area contributed by atoms with E-state index in [1.807, 2.05) is 19.1 Å². The first-order valence-corrected chi connectivity index (χ1v) is 8.99. The van der Waals surface area contributed by atoms with E-state index < -0.39 is 9.71 Å². The van der Waals surface area contributed by atoms with E-state index in [2.05, 4.69) is 0 Å². The molecule has 7 heteroatoms. The fourth-order valence-electron chi connectivity index (χ4n) is 2.37. The quantitative estimate of drug-likeness (QED) is 0.482. The second-order valence-electron chi connectivity index (χ2n) is 4.98. The lowest BCUT2D eigenvalue weighted by atomic mass is 9.92. The van der Waals surface area contributed by atoms with Gasteiger partial charge in [0.15, 0.2) is 0 Å². The van der Waals surface area contributed by atoms with Crippen LogP contribution < -0.4 is 9.47 Å². The van der Waals surface area contributed by atoms with Gasteiger partial charge < -0.3 is 9.47 Å². The van der Waals surface area contributed by atoms with Crippen molar-refractivity contribution >= 4 is 58.0 Å². The standard InChI is InChI=1S/C17H15Cl5O2/c1-3-24-15-9-13(18)12(8-14(15)19)16(17(20,21)22)10-4-6-11(23-2)7-5-10/h4-9,16H,3H2,1-2H3/t16-/m1/s1. The summed E-state index contributed by atoms with van der Waals surface area (Å²) in [6, 6.07) is 10.5. The van der Waals surface area contributed by atoms with Gasteiger partial charge in [0.2, 0.25) is 3.79 Å². The number of benzene rings is 2. The Kier molecular flexibility index (Phi) is 6.81. The molecule has 2 rings (SSSR count). The Labute approximate surface area is 166 Å². The van der Waals surface area contributed by atoms with E-state index in [-0.39, 0.29) is 0 Å². The fraction of sp³-hybridized carbons (Fsp3) is 0.294. The molecule has 1 atom stereocenters. The Bertz CT molecular complexity index is 695. The average Bonchev–Trinajstić information content (AvgIpc) is 2.52. The summed E-state index contributed by atoms with van der Waals surface area (Å²) in [6.07, 6.45) is 0. The SMILES string of the molecule is CCOc1cc(Cl)c([C@@H](c2ccc(OC)cc2)C(Cl)(Cl)Cl)cc1Cl. The van der Waals surface area contributed by atoms with E-state index >= 15 is 0 Å². The number of rotatable bonds is 5. The minimum Gasteiger partial charge on any atom is -0.497 e. The Morgan fingerprint density at radius 3 is 2.12 bits per heavy atom. The van der Waals surface area contributed by atoms with Crippen molar-refractivity contribution in [3.05, 3.63) is 57.6 Å². The summed E-state index contributed by atoms with van der Waals surface area (Å²) in [6.45, 7) is 2.33. The summed E-state index contributed by atoms with van der Waals surface area (Å²) >= 11 is 31.4. The normalized spacial score (nSPS) is 12.8. The molecule has 0 aliphatic heterocycles. The molecule has 2 nitrogen and oxygen atoms in total. The molecule has 2 aromatic carbocycles. The van der Waals surface area contributed by atoms with Gasteiger partial charge in [0, 0.05) is 11.1 Å². The zero-order valence-electron chi connectivity index (χ0n) is 13.0. The zero-order chi connectivity index (χ0) is 17.9. The van der Waals surface area contributed by atoms with Gasteiger partial charge in [-0.15, -0.1) is 0 Å². The van der Waals surface area contributed by atoms with E-state index in [9.17, 15) is 0 Å². The highest BCUT2D eigenvalue weighted by Gasteiger charge is 2.37. The van der Waals surface area contributed by atoms with Crippen LogP contribution >= 0.6 is 58.0 Å². The largest absolute Gasteiger partial charge is 0.497 e. The lowest BCUT2D eigenvalue weighted by molar-refractivity contribution is 0.340. The summed E-state index contributed by atoms with van der Waals surface area (Å²) < 4.78 is 8.99. The van der Waals surface area contributed by atoms with Crippen LogP contribution in [0.4, 0.5) is 0 Å². The van der Waals surface area contributed by atoms with Gasteiger partial charge in [0.1, 0.15) is 11.5 Å². The zero-order valence-corrected chi connectivity index (χ0v) is 16.7. The van der Waals surface area contributed by atoms with Crippen LogP contribution in [0.25, 0.3) is 0 Å². The molecule has 0 N–H and O–H groups in total. The Morgan fingerprint density at radius 1 is 1.00 bits per heavy atom. The van der Waals surface area contributed by atoms with Crippen LogP contribution in [0.15, 0.2) is 36.4 Å². The summed E-state index contributed by atoms with van der Waals surface area (Å²) in [5, 5.41) is 0.819. The number of hydrogen-bond acceptors (Lipinski definition) is 2. The van der Waals surface area contributed by atoms with Crippen LogP contribution in [0.5, 0.6) is 11.5 Å². The van der Waals surface area contributed by atoms with Gasteiger partial charge in [-0.2, -0.15) is 0 Å². The van der Waals surface area contributed by atoms with Crippen molar-refractivity contribution in [2.45, 2.75) is 16.6 Å². The van der Waals surface area contributed by atoms with E-state index in [0.717, 1.165) is 5.56 Å². The van der Waals surface area contributed by atoms with Gasteiger partial charge in [-0.3, -0.25) is 0 Å².